The molecule has 22 heavy (non-hydrogen) atoms. The Labute approximate surface area is 134 Å². The summed E-state index contributed by atoms with van der Waals surface area (Å²) in [5.41, 5.74) is -0.776. The molecular formula is C15H27FN2O2SSi. The maximum absolute atomic E-state index is 14.3. The van der Waals surface area contributed by atoms with Crippen LogP contribution < -0.4 is 5.14 Å². The minimum atomic E-state index is -3.31. The summed E-state index contributed by atoms with van der Waals surface area (Å²) in [6.45, 7) is 13.1. The monoisotopic (exact) mass is 346 g/mol. The molecule has 0 aliphatic heterocycles. The van der Waals surface area contributed by atoms with Gasteiger partial charge in [-0.2, -0.15) is 0 Å². The number of nitrogens with zero attached hydrogens (tertiary/aromatic N) is 1. The number of halogens is 1. The Morgan fingerprint density at radius 1 is 1.23 bits per heavy atom. The van der Waals surface area contributed by atoms with Crippen LogP contribution in [0, 0.1) is 5.82 Å². The molecule has 0 heterocycles. The van der Waals surface area contributed by atoms with Gasteiger partial charge < -0.3 is 5.11 Å². The summed E-state index contributed by atoms with van der Waals surface area (Å²) >= 11 is 0. The molecular weight excluding hydrogens is 319 g/mol. The number of hydrogen-bond acceptors (Lipinski definition) is 3. The van der Waals surface area contributed by atoms with Crippen LogP contribution in [0.15, 0.2) is 27.1 Å². The van der Waals surface area contributed by atoms with Gasteiger partial charge in [-0.15, -0.1) is 0 Å². The molecule has 0 spiro atoms. The molecule has 0 radical (unpaired) electrons. The van der Waals surface area contributed by atoms with Gasteiger partial charge in [0.05, 0.1) is 10.5 Å². The highest BCUT2D eigenvalue weighted by Crippen LogP contribution is 2.38. The molecule has 3 N–H and O–H groups in total. The first-order valence-corrected chi connectivity index (χ1v) is 11.7. The van der Waals surface area contributed by atoms with Gasteiger partial charge in [0, 0.05) is 0 Å². The van der Waals surface area contributed by atoms with Gasteiger partial charge in [0.25, 0.3) is 0 Å². The molecule has 1 aromatic rings. The molecule has 0 saturated carbocycles. The van der Waals surface area contributed by atoms with Gasteiger partial charge in [0.15, 0.2) is 8.24 Å². The molecule has 0 aliphatic carbocycles. The quantitative estimate of drug-likeness (QED) is 0.818. The van der Waals surface area contributed by atoms with Crippen molar-refractivity contribution >= 4 is 18.2 Å². The van der Waals surface area contributed by atoms with Gasteiger partial charge in [-0.25, -0.2) is 13.7 Å². The van der Waals surface area contributed by atoms with Gasteiger partial charge in [0.1, 0.15) is 15.7 Å². The lowest BCUT2D eigenvalue weighted by Gasteiger charge is -2.32. The van der Waals surface area contributed by atoms with E-state index in [2.05, 4.69) is 4.03 Å². The Morgan fingerprint density at radius 2 is 1.73 bits per heavy atom. The fourth-order valence-corrected chi connectivity index (χ4v) is 6.45. The van der Waals surface area contributed by atoms with Crippen molar-refractivity contribution in [2.75, 3.05) is 0 Å². The van der Waals surface area contributed by atoms with E-state index < -0.39 is 29.6 Å². The first kappa shape index (κ1) is 19.3. The number of rotatable bonds is 3. The standard InChI is InChI=1S/C15H27FN2O2SSi/c1-14(2,3)22(6,7)18-21(17,20)13-9-8-11(10-12(13)16)15(4,5)19/h8-10,19H,1-7H3,(H2,17,18,20). The molecule has 0 saturated heterocycles. The summed E-state index contributed by atoms with van der Waals surface area (Å²) in [5.74, 6) is -0.699. The lowest BCUT2D eigenvalue weighted by molar-refractivity contribution is 0.0781. The predicted molar refractivity (Wildman–Crippen MR) is 91.9 cm³/mol. The lowest BCUT2D eigenvalue weighted by Crippen LogP contribution is -2.37. The summed E-state index contributed by atoms with van der Waals surface area (Å²) in [4.78, 5) is -0.106. The molecule has 4 nitrogen and oxygen atoms in total. The Kier molecular flexibility index (Phi) is 5.00. The fourth-order valence-electron chi connectivity index (χ4n) is 1.64. The Bertz CT molecular complexity index is 682. The van der Waals surface area contributed by atoms with Crippen molar-refractivity contribution in [1.29, 1.82) is 0 Å². The normalized spacial score (nSPS) is 16.3. The molecule has 0 bridgehead atoms. The minimum Gasteiger partial charge on any atom is -0.386 e. The van der Waals surface area contributed by atoms with Crippen LogP contribution in [0.25, 0.3) is 0 Å². The van der Waals surface area contributed by atoms with Crippen LogP contribution in [0.4, 0.5) is 4.39 Å². The molecule has 1 aromatic carbocycles. The third-order valence-electron chi connectivity index (χ3n) is 4.15. The zero-order valence-corrected chi connectivity index (χ0v) is 16.2. The molecule has 126 valence electrons. The summed E-state index contributed by atoms with van der Waals surface area (Å²) in [5, 5.41) is 15.6. The van der Waals surface area contributed by atoms with E-state index in [4.69, 9.17) is 5.14 Å². The molecule has 1 atom stereocenters. The molecule has 0 aliphatic rings. The fraction of sp³-hybridized carbons (Fsp3) is 0.600. The third-order valence-corrected chi connectivity index (χ3v) is 11.7. The molecule has 0 fully saturated rings. The molecule has 1 rings (SSSR count). The zero-order chi connectivity index (χ0) is 17.6. The Hall–Kier alpha value is -0.763. The van der Waals surface area contributed by atoms with Crippen molar-refractivity contribution < 1.29 is 13.7 Å². The first-order valence-electron chi connectivity index (χ1n) is 7.16. The van der Waals surface area contributed by atoms with E-state index in [1.165, 1.54) is 18.2 Å². The van der Waals surface area contributed by atoms with E-state index in [1.807, 2.05) is 33.9 Å². The molecule has 0 aromatic heterocycles. The van der Waals surface area contributed by atoms with E-state index in [1.54, 1.807) is 13.8 Å². The average Bonchev–Trinajstić information content (AvgIpc) is 2.23. The molecule has 1 unspecified atom stereocenters. The van der Waals surface area contributed by atoms with E-state index >= 15 is 0 Å². The van der Waals surface area contributed by atoms with Crippen LogP contribution in [-0.4, -0.2) is 17.6 Å². The van der Waals surface area contributed by atoms with Crippen molar-refractivity contribution in [2.24, 2.45) is 9.17 Å². The first-order chi connectivity index (χ1) is 9.58. The second-order valence-corrected chi connectivity index (χ2v) is 14.6. The van der Waals surface area contributed by atoms with E-state index in [9.17, 15) is 13.7 Å². The third kappa shape index (κ3) is 4.16. The minimum absolute atomic E-state index is 0.106. The maximum atomic E-state index is 14.3. The van der Waals surface area contributed by atoms with Gasteiger partial charge >= 0.3 is 0 Å². The predicted octanol–water partition coefficient (Wildman–Crippen LogP) is 3.76. The van der Waals surface area contributed by atoms with E-state index in [0.717, 1.165) is 0 Å². The average molecular weight is 347 g/mol. The highest BCUT2D eigenvalue weighted by Gasteiger charge is 2.37. The van der Waals surface area contributed by atoms with Gasteiger partial charge in [0.2, 0.25) is 0 Å². The van der Waals surface area contributed by atoms with E-state index in [0.29, 0.717) is 5.56 Å². The Balaban J connectivity index is 3.46. The van der Waals surface area contributed by atoms with Crippen LogP contribution in [-0.2, 0) is 15.5 Å². The summed E-state index contributed by atoms with van der Waals surface area (Å²) in [7, 11) is -5.60. The summed E-state index contributed by atoms with van der Waals surface area (Å²) < 4.78 is 31.5. The number of benzene rings is 1. The zero-order valence-electron chi connectivity index (χ0n) is 14.4. The van der Waals surface area contributed by atoms with Crippen LogP contribution in [0.5, 0.6) is 0 Å². The number of aliphatic hydroxyl groups is 1. The van der Waals surface area contributed by atoms with Crippen molar-refractivity contribution in [3.63, 3.8) is 0 Å². The van der Waals surface area contributed by atoms with Crippen LogP contribution >= 0.6 is 0 Å². The molecule has 0 amide bonds. The summed E-state index contributed by atoms with van der Waals surface area (Å²) in [6.07, 6.45) is 0. The highest BCUT2D eigenvalue weighted by molar-refractivity contribution is 7.92. The van der Waals surface area contributed by atoms with Crippen molar-refractivity contribution in [3.8, 4) is 0 Å². The van der Waals surface area contributed by atoms with Crippen LogP contribution in [0.2, 0.25) is 18.1 Å². The summed E-state index contributed by atoms with van der Waals surface area (Å²) in [6, 6.07) is 4.07. The van der Waals surface area contributed by atoms with Gasteiger partial charge in [-0.3, -0.25) is 4.03 Å². The van der Waals surface area contributed by atoms with Crippen LogP contribution in [0.1, 0.15) is 40.2 Å². The SMILES string of the molecule is CC(C)(O)c1ccc(S(N)(=O)=N[Si](C)(C)C(C)(C)C)c(F)c1. The van der Waals surface area contributed by atoms with Gasteiger partial charge in [-0.1, -0.05) is 26.8 Å². The van der Waals surface area contributed by atoms with E-state index in [-0.39, 0.29) is 9.93 Å². The topological polar surface area (TPSA) is 75.7 Å². The van der Waals surface area contributed by atoms with Crippen molar-refractivity contribution in [1.82, 2.24) is 0 Å². The Morgan fingerprint density at radius 3 is 2.09 bits per heavy atom. The smallest absolute Gasteiger partial charge is 0.195 e. The second-order valence-electron chi connectivity index (χ2n) is 7.67. The van der Waals surface area contributed by atoms with Crippen LogP contribution in [0.3, 0.4) is 0 Å². The lowest BCUT2D eigenvalue weighted by atomic mass is 9.99. The largest absolute Gasteiger partial charge is 0.386 e. The van der Waals surface area contributed by atoms with Crippen molar-refractivity contribution in [3.05, 3.63) is 29.6 Å². The van der Waals surface area contributed by atoms with Crippen molar-refractivity contribution in [2.45, 2.75) is 63.2 Å². The second kappa shape index (κ2) is 5.70. The number of hydrogen-bond donors (Lipinski definition) is 2. The highest BCUT2D eigenvalue weighted by atomic mass is 32.2. The molecule has 7 heteroatoms. The maximum Gasteiger partial charge on any atom is 0.195 e. The number of nitrogens with two attached hydrogens (primary N) is 1. The van der Waals surface area contributed by atoms with Gasteiger partial charge in [-0.05, 0) is 49.7 Å².